The minimum Gasteiger partial charge on any atom is -0.304 e. The number of nitrogens with one attached hydrogen (secondary N) is 1. The van der Waals surface area contributed by atoms with Crippen molar-refractivity contribution in [2.24, 2.45) is 0 Å². The number of hydrogen-bond donors (Lipinski definition) is 1. The van der Waals surface area contributed by atoms with Crippen LogP contribution in [0.2, 0.25) is 0 Å². The van der Waals surface area contributed by atoms with E-state index in [-0.39, 0.29) is 0 Å². The van der Waals surface area contributed by atoms with Crippen LogP contribution < -0.4 is 5.32 Å². The molecular weight excluding hydrogens is 254 g/mol. The Balaban J connectivity index is 2.15. The zero-order chi connectivity index (χ0) is 15.6. The average molecular weight is 281 g/mol. The predicted octanol–water partition coefficient (Wildman–Crippen LogP) is 5.33. The summed E-state index contributed by atoms with van der Waals surface area (Å²) in [6.07, 6.45) is 0. The van der Waals surface area contributed by atoms with Crippen LogP contribution in [-0.4, -0.2) is 0 Å². The van der Waals surface area contributed by atoms with Gasteiger partial charge < -0.3 is 5.32 Å². The van der Waals surface area contributed by atoms with Crippen LogP contribution in [0.5, 0.6) is 0 Å². The monoisotopic (exact) mass is 281 g/mol. The van der Waals surface area contributed by atoms with Crippen molar-refractivity contribution in [3.63, 3.8) is 0 Å². The lowest BCUT2D eigenvalue weighted by Crippen LogP contribution is -2.23. The Labute approximate surface area is 129 Å². The Bertz CT molecular complexity index is 610. The highest BCUT2D eigenvalue weighted by atomic mass is 14.9. The fourth-order valence-corrected chi connectivity index (χ4v) is 2.87. The summed E-state index contributed by atoms with van der Waals surface area (Å²) in [4.78, 5) is 0. The molecule has 2 rings (SSSR count). The summed E-state index contributed by atoms with van der Waals surface area (Å²) < 4.78 is 0. The summed E-state index contributed by atoms with van der Waals surface area (Å²) in [6.45, 7) is 13.2. The number of benzene rings is 2. The second-order valence-electron chi connectivity index (χ2n) is 6.31. The zero-order valence-electron chi connectivity index (χ0n) is 14.1. The third-order valence-electron chi connectivity index (χ3n) is 4.43. The van der Waals surface area contributed by atoms with Crippen molar-refractivity contribution in [2.45, 2.75) is 53.6 Å². The standard InChI is InChI=1S/C20H27N/c1-13-7-9-19(10-8-13)17(5)21-18(6)20-12-15(3)14(2)11-16(20)4/h7-12,17-18,21H,1-6H3/t17-,18?/m0/s1. The van der Waals surface area contributed by atoms with E-state index in [2.05, 4.69) is 83.3 Å². The van der Waals surface area contributed by atoms with Gasteiger partial charge in [0.15, 0.2) is 0 Å². The van der Waals surface area contributed by atoms with Crippen LogP contribution in [0.3, 0.4) is 0 Å². The summed E-state index contributed by atoms with van der Waals surface area (Å²) in [5.74, 6) is 0. The molecule has 0 radical (unpaired) electrons. The smallest absolute Gasteiger partial charge is 0.0300 e. The van der Waals surface area contributed by atoms with Gasteiger partial charge in [-0.2, -0.15) is 0 Å². The molecule has 2 aromatic rings. The summed E-state index contributed by atoms with van der Waals surface area (Å²) in [7, 11) is 0. The molecule has 0 aromatic heterocycles. The lowest BCUT2D eigenvalue weighted by atomic mass is 9.95. The molecule has 0 spiro atoms. The maximum Gasteiger partial charge on any atom is 0.0300 e. The molecule has 0 saturated heterocycles. The summed E-state index contributed by atoms with van der Waals surface area (Å²) in [5, 5.41) is 3.72. The molecule has 2 aromatic carbocycles. The van der Waals surface area contributed by atoms with Gasteiger partial charge in [0.2, 0.25) is 0 Å². The second kappa shape index (κ2) is 6.44. The van der Waals surface area contributed by atoms with Crippen LogP contribution in [0.25, 0.3) is 0 Å². The largest absolute Gasteiger partial charge is 0.304 e. The quantitative estimate of drug-likeness (QED) is 0.798. The van der Waals surface area contributed by atoms with Crippen molar-refractivity contribution >= 4 is 0 Å². The minimum absolute atomic E-state index is 0.348. The van der Waals surface area contributed by atoms with Crippen molar-refractivity contribution in [1.29, 1.82) is 0 Å². The van der Waals surface area contributed by atoms with Gasteiger partial charge in [-0.25, -0.2) is 0 Å². The van der Waals surface area contributed by atoms with Crippen LogP contribution in [0, 0.1) is 27.7 Å². The van der Waals surface area contributed by atoms with Crippen LogP contribution in [0.15, 0.2) is 36.4 Å². The van der Waals surface area contributed by atoms with Crippen molar-refractivity contribution in [1.82, 2.24) is 5.32 Å². The van der Waals surface area contributed by atoms with Crippen molar-refractivity contribution in [2.75, 3.05) is 0 Å². The number of aryl methyl sites for hydroxylation is 4. The predicted molar refractivity (Wildman–Crippen MR) is 91.8 cm³/mol. The van der Waals surface area contributed by atoms with E-state index in [1.165, 1.54) is 33.4 Å². The van der Waals surface area contributed by atoms with Crippen molar-refractivity contribution in [3.05, 3.63) is 69.8 Å². The molecule has 1 unspecified atom stereocenters. The van der Waals surface area contributed by atoms with Crippen molar-refractivity contribution in [3.8, 4) is 0 Å². The van der Waals surface area contributed by atoms with Gasteiger partial charge in [0, 0.05) is 12.1 Å². The Morgan fingerprint density at radius 3 is 1.90 bits per heavy atom. The van der Waals surface area contributed by atoms with E-state index in [9.17, 15) is 0 Å². The van der Waals surface area contributed by atoms with Gasteiger partial charge in [-0.1, -0.05) is 42.0 Å². The lowest BCUT2D eigenvalue weighted by Gasteiger charge is -2.23. The minimum atomic E-state index is 0.348. The molecule has 1 nitrogen and oxygen atoms in total. The molecule has 0 aliphatic rings. The molecule has 0 saturated carbocycles. The molecule has 0 bridgehead atoms. The highest BCUT2D eigenvalue weighted by molar-refractivity contribution is 5.38. The Morgan fingerprint density at radius 2 is 1.29 bits per heavy atom. The van der Waals surface area contributed by atoms with Crippen LogP contribution in [0.1, 0.15) is 59.3 Å². The van der Waals surface area contributed by atoms with E-state index in [0.29, 0.717) is 12.1 Å². The Kier molecular flexibility index (Phi) is 4.84. The molecule has 21 heavy (non-hydrogen) atoms. The normalized spacial score (nSPS) is 14.0. The molecule has 112 valence electrons. The molecule has 1 heteroatoms. The first-order valence-corrected chi connectivity index (χ1v) is 7.79. The molecular formula is C20H27N. The van der Waals surface area contributed by atoms with Crippen molar-refractivity contribution < 1.29 is 0 Å². The van der Waals surface area contributed by atoms with Gasteiger partial charge in [0.25, 0.3) is 0 Å². The van der Waals surface area contributed by atoms with Gasteiger partial charge in [-0.05, 0) is 69.4 Å². The van der Waals surface area contributed by atoms with E-state index in [4.69, 9.17) is 0 Å². The highest BCUT2D eigenvalue weighted by Gasteiger charge is 2.13. The number of rotatable bonds is 4. The molecule has 0 amide bonds. The first-order chi connectivity index (χ1) is 9.88. The third kappa shape index (κ3) is 3.74. The molecule has 1 N–H and O–H groups in total. The maximum atomic E-state index is 3.72. The fraction of sp³-hybridized carbons (Fsp3) is 0.400. The van der Waals surface area contributed by atoms with Gasteiger partial charge >= 0.3 is 0 Å². The van der Waals surface area contributed by atoms with Gasteiger partial charge in [0.05, 0.1) is 0 Å². The molecule has 0 fully saturated rings. The van der Waals surface area contributed by atoms with E-state index in [1.807, 2.05) is 0 Å². The molecule has 0 aliphatic heterocycles. The molecule has 0 heterocycles. The first-order valence-electron chi connectivity index (χ1n) is 7.79. The van der Waals surface area contributed by atoms with Gasteiger partial charge in [-0.15, -0.1) is 0 Å². The molecule has 0 aliphatic carbocycles. The highest BCUT2D eigenvalue weighted by Crippen LogP contribution is 2.24. The Morgan fingerprint density at radius 1 is 0.714 bits per heavy atom. The fourth-order valence-electron chi connectivity index (χ4n) is 2.87. The maximum absolute atomic E-state index is 3.72. The van der Waals surface area contributed by atoms with E-state index < -0.39 is 0 Å². The zero-order valence-corrected chi connectivity index (χ0v) is 14.1. The van der Waals surface area contributed by atoms with Crippen LogP contribution in [0.4, 0.5) is 0 Å². The topological polar surface area (TPSA) is 12.0 Å². The lowest BCUT2D eigenvalue weighted by molar-refractivity contribution is 0.493. The van der Waals surface area contributed by atoms with Crippen LogP contribution >= 0.6 is 0 Å². The van der Waals surface area contributed by atoms with Gasteiger partial charge in [-0.3, -0.25) is 0 Å². The Hall–Kier alpha value is -1.60. The second-order valence-corrected chi connectivity index (χ2v) is 6.31. The SMILES string of the molecule is Cc1ccc([C@H](C)NC(C)c2cc(C)c(C)cc2C)cc1. The average Bonchev–Trinajstić information content (AvgIpc) is 2.43. The first kappa shape index (κ1) is 15.8. The van der Waals surface area contributed by atoms with E-state index in [1.54, 1.807) is 0 Å². The van der Waals surface area contributed by atoms with Gasteiger partial charge in [0.1, 0.15) is 0 Å². The summed E-state index contributed by atoms with van der Waals surface area (Å²) in [6, 6.07) is 14.1. The summed E-state index contributed by atoms with van der Waals surface area (Å²) >= 11 is 0. The number of hydrogen-bond acceptors (Lipinski definition) is 1. The van der Waals surface area contributed by atoms with E-state index >= 15 is 0 Å². The summed E-state index contributed by atoms with van der Waals surface area (Å²) in [5.41, 5.74) is 8.16. The van der Waals surface area contributed by atoms with E-state index in [0.717, 1.165) is 0 Å². The third-order valence-corrected chi connectivity index (χ3v) is 4.43. The molecule has 2 atom stereocenters. The van der Waals surface area contributed by atoms with Crippen LogP contribution in [-0.2, 0) is 0 Å².